The largest absolute Gasteiger partial charge is 0.465 e. The first-order chi connectivity index (χ1) is 15.8. The number of aromatic nitrogens is 2. The average Bonchev–Trinajstić information content (AvgIpc) is 3.18. The van der Waals surface area contributed by atoms with E-state index >= 15 is 0 Å². The molecule has 9 heteroatoms. The zero-order valence-electron chi connectivity index (χ0n) is 19.6. The average molecular weight is 456 g/mol. The number of aryl methyl sites for hydroxylation is 1. The molecular formula is C24H33N5O4. The fourth-order valence-electron chi connectivity index (χ4n) is 4.45. The highest BCUT2D eigenvalue weighted by Gasteiger charge is 2.37. The third kappa shape index (κ3) is 5.82. The van der Waals surface area contributed by atoms with Crippen molar-refractivity contribution in [3.63, 3.8) is 0 Å². The number of imidazole rings is 1. The van der Waals surface area contributed by atoms with Gasteiger partial charge in [0.1, 0.15) is 0 Å². The number of nitrogens with zero attached hydrogens (tertiary/aromatic N) is 5. The molecule has 2 atom stereocenters. The van der Waals surface area contributed by atoms with Gasteiger partial charge in [0.15, 0.2) is 5.82 Å². The second-order valence-electron chi connectivity index (χ2n) is 9.03. The second kappa shape index (κ2) is 11.1. The SMILES string of the molecule is COCCCCn1c(C(=O)N(CC(C)C)C2C[C@@H](C#N)CN(C(=O)O)C2)nc2ccccc21. The molecule has 1 fully saturated rings. The van der Waals surface area contributed by atoms with Crippen molar-refractivity contribution in [3.05, 3.63) is 30.1 Å². The van der Waals surface area contributed by atoms with Gasteiger partial charge in [-0.05, 0) is 37.3 Å². The molecule has 0 spiro atoms. The number of fused-ring (bicyclic) bond motifs is 1. The number of para-hydroxylation sites is 2. The molecule has 33 heavy (non-hydrogen) atoms. The van der Waals surface area contributed by atoms with Crippen molar-refractivity contribution in [3.8, 4) is 6.07 Å². The highest BCUT2D eigenvalue weighted by Crippen LogP contribution is 2.25. The zero-order valence-corrected chi connectivity index (χ0v) is 19.6. The van der Waals surface area contributed by atoms with E-state index in [2.05, 4.69) is 11.1 Å². The first-order valence-electron chi connectivity index (χ1n) is 11.5. The number of carbonyl (C=O) groups excluding carboxylic acids is 1. The molecule has 1 saturated heterocycles. The second-order valence-corrected chi connectivity index (χ2v) is 9.03. The quantitative estimate of drug-likeness (QED) is 0.580. The Morgan fingerprint density at radius 3 is 2.73 bits per heavy atom. The van der Waals surface area contributed by atoms with Crippen molar-refractivity contribution < 1.29 is 19.4 Å². The number of rotatable bonds is 9. The summed E-state index contributed by atoms with van der Waals surface area (Å²) in [6.45, 7) is 6.15. The maximum Gasteiger partial charge on any atom is 0.407 e. The molecule has 1 aromatic carbocycles. The van der Waals surface area contributed by atoms with E-state index in [-0.39, 0.29) is 31.0 Å². The number of carboxylic acid groups (broad SMARTS) is 1. The van der Waals surface area contributed by atoms with Crippen molar-refractivity contribution in [2.45, 2.75) is 45.7 Å². The van der Waals surface area contributed by atoms with Crippen molar-refractivity contribution in [2.75, 3.05) is 33.4 Å². The number of hydrogen-bond donors (Lipinski definition) is 1. The Kier molecular flexibility index (Phi) is 8.28. The molecule has 2 heterocycles. The van der Waals surface area contributed by atoms with Crippen LogP contribution in [0, 0.1) is 23.2 Å². The van der Waals surface area contributed by atoms with Gasteiger partial charge >= 0.3 is 6.09 Å². The van der Waals surface area contributed by atoms with E-state index in [4.69, 9.17) is 4.74 Å². The van der Waals surface area contributed by atoms with Gasteiger partial charge in [-0.1, -0.05) is 26.0 Å². The van der Waals surface area contributed by atoms with Gasteiger partial charge in [0.2, 0.25) is 0 Å². The van der Waals surface area contributed by atoms with Crippen LogP contribution >= 0.6 is 0 Å². The lowest BCUT2D eigenvalue weighted by Crippen LogP contribution is -2.55. The standard InChI is InChI=1S/C24H33N5O4/c1-17(2)14-29(19-12-18(13-25)15-27(16-19)24(31)32)23(30)22-26-20-8-4-5-9-21(20)28(22)10-6-7-11-33-3/h4-5,8-9,17-19H,6-7,10-12,14-16H2,1-3H3,(H,31,32)/t18-,19?/m0/s1. The predicted molar refractivity (Wildman–Crippen MR) is 124 cm³/mol. The molecule has 1 aliphatic rings. The molecule has 0 radical (unpaired) electrons. The molecule has 178 valence electrons. The van der Waals surface area contributed by atoms with Crippen LogP contribution in [0.25, 0.3) is 11.0 Å². The summed E-state index contributed by atoms with van der Waals surface area (Å²) in [5.74, 6) is -0.139. The summed E-state index contributed by atoms with van der Waals surface area (Å²) in [6, 6.07) is 9.50. The highest BCUT2D eigenvalue weighted by atomic mass is 16.5. The number of amides is 2. The summed E-state index contributed by atoms with van der Waals surface area (Å²) in [6.07, 6.45) is 1.09. The fourth-order valence-corrected chi connectivity index (χ4v) is 4.45. The van der Waals surface area contributed by atoms with Gasteiger partial charge in [-0.2, -0.15) is 5.26 Å². The molecule has 1 unspecified atom stereocenters. The third-order valence-electron chi connectivity index (χ3n) is 5.97. The third-order valence-corrected chi connectivity index (χ3v) is 5.97. The van der Waals surface area contributed by atoms with Gasteiger partial charge in [0.25, 0.3) is 5.91 Å². The monoisotopic (exact) mass is 455 g/mol. The topological polar surface area (TPSA) is 112 Å². The molecule has 1 N–H and O–H groups in total. The summed E-state index contributed by atoms with van der Waals surface area (Å²) in [5.41, 5.74) is 1.65. The van der Waals surface area contributed by atoms with E-state index in [1.807, 2.05) is 42.7 Å². The van der Waals surface area contributed by atoms with Gasteiger partial charge in [-0.15, -0.1) is 0 Å². The van der Waals surface area contributed by atoms with Crippen LogP contribution in [-0.4, -0.2) is 75.9 Å². The smallest absolute Gasteiger partial charge is 0.407 e. The molecule has 1 aromatic heterocycles. The molecule has 1 aliphatic heterocycles. The van der Waals surface area contributed by atoms with Crippen molar-refractivity contribution >= 4 is 23.0 Å². The highest BCUT2D eigenvalue weighted by molar-refractivity contribution is 5.95. The van der Waals surface area contributed by atoms with Crippen molar-refractivity contribution in [2.24, 2.45) is 11.8 Å². The van der Waals surface area contributed by atoms with E-state index in [0.717, 1.165) is 23.9 Å². The minimum absolute atomic E-state index is 0.171. The van der Waals surface area contributed by atoms with Crippen LogP contribution in [0.4, 0.5) is 4.79 Å². The summed E-state index contributed by atoms with van der Waals surface area (Å²) in [5, 5.41) is 19.1. The number of ether oxygens (including phenoxy) is 1. The van der Waals surface area contributed by atoms with Crippen molar-refractivity contribution in [1.82, 2.24) is 19.4 Å². The summed E-state index contributed by atoms with van der Waals surface area (Å²) >= 11 is 0. The Labute approximate surface area is 194 Å². The first-order valence-corrected chi connectivity index (χ1v) is 11.5. The first kappa shape index (κ1) is 24.5. The van der Waals surface area contributed by atoms with Crippen LogP contribution in [-0.2, 0) is 11.3 Å². The van der Waals surface area contributed by atoms with Gasteiger partial charge in [0.05, 0.1) is 29.1 Å². The lowest BCUT2D eigenvalue weighted by molar-refractivity contribution is 0.0442. The number of methoxy groups -OCH3 is 1. The Balaban J connectivity index is 1.96. The minimum atomic E-state index is -1.07. The van der Waals surface area contributed by atoms with E-state index in [9.17, 15) is 20.0 Å². The number of carbonyl (C=O) groups is 2. The Bertz CT molecular complexity index is 1010. The molecule has 9 nitrogen and oxygen atoms in total. The lowest BCUT2D eigenvalue weighted by atomic mass is 9.94. The minimum Gasteiger partial charge on any atom is -0.465 e. The van der Waals surface area contributed by atoms with E-state index in [1.165, 1.54) is 4.90 Å². The predicted octanol–water partition coefficient (Wildman–Crippen LogP) is 3.45. The number of likely N-dealkylation sites (tertiary alicyclic amines) is 1. The Morgan fingerprint density at radius 1 is 1.30 bits per heavy atom. The van der Waals surface area contributed by atoms with Crippen LogP contribution in [0.1, 0.15) is 43.7 Å². The summed E-state index contributed by atoms with van der Waals surface area (Å²) in [7, 11) is 1.67. The van der Waals surface area contributed by atoms with Gasteiger partial charge in [0, 0.05) is 39.9 Å². The molecular weight excluding hydrogens is 422 g/mol. The molecule has 0 aliphatic carbocycles. The van der Waals surface area contributed by atoms with E-state index in [0.29, 0.717) is 31.9 Å². The van der Waals surface area contributed by atoms with Crippen LogP contribution < -0.4 is 0 Å². The number of hydrogen-bond acceptors (Lipinski definition) is 5. The van der Waals surface area contributed by atoms with Crippen LogP contribution in [0.5, 0.6) is 0 Å². The van der Waals surface area contributed by atoms with Crippen LogP contribution in [0.3, 0.4) is 0 Å². The Hall–Kier alpha value is -3.12. The van der Waals surface area contributed by atoms with Crippen LogP contribution in [0.2, 0.25) is 0 Å². The van der Waals surface area contributed by atoms with Gasteiger partial charge in [-0.3, -0.25) is 4.79 Å². The zero-order chi connectivity index (χ0) is 24.0. The maximum absolute atomic E-state index is 13.9. The molecule has 0 saturated carbocycles. The number of unbranched alkanes of at least 4 members (excludes halogenated alkanes) is 1. The van der Waals surface area contributed by atoms with Gasteiger partial charge in [-0.25, -0.2) is 9.78 Å². The number of piperidine rings is 1. The summed E-state index contributed by atoms with van der Waals surface area (Å²) < 4.78 is 7.12. The molecule has 3 rings (SSSR count). The Morgan fingerprint density at radius 2 is 2.06 bits per heavy atom. The lowest BCUT2D eigenvalue weighted by Gasteiger charge is -2.40. The number of nitriles is 1. The fraction of sp³-hybridized carbons (Fsp3) is 0.583. The van der Waals surface area contributed by atoms with E-state index < -0.39 is 12.0 Å². The van der Waals surface area contributed by atoms with Crippen molar-refractivity contribution in [1.29, 1.82) is 5.26 Å². The molecule has 0 bridgehead atoms. The molecule has 2 amide bonds. The van der Waals surface area contributed by atoms with E-state index in [1.54, 1.807) is 12.0 Å². The number of benzene rings is 1. The van der Waals surface area contributed by atoms with Crippen LogP contribution in [0.15, 0.2) is 24.3 Å². The normalized spacial score (nSPS) is 18.5. The summed E-state index contributed by atoms with van der Waals surface area (Å²) in [4.78, 5) is 33.2. The maximum atomic E-state index is 13.9. The molecule has 2 aromatic rings. The van der Waals surface area contributed by atoms with Gasteiger partial charge < -0.3 is 24.2 Å².